The summed E-state index contributed by atoms with van der Waals surface area (Å²) < 4.78 is 2.30. The minimum atomic E-state index is 0.583. The maximum atomic E-state index is 4.41. The zero-order valence-corrected chi connectivity index (χ0v) is 10.9. The molecule has 1 rings (SSSR count). The summed E-state index contributed by atoms with van der Waals surface area (Å²) in [5.74, 6) is 1.22. The zero-order valence-electron chi connectivity index (χ0n) is 10.9. The Labute approximate surface area is 99.3 Å². The predicted molar refractivity (Wildman–Crippen MR) is 68.6 cm³/mol. The van der Waals surface area contributed by atoms with Gasteiger partial charge < -0.3 is 9.88 Å². The molecule has 92 valence electrons. The average molecular weight is 223 g/mol. The quantitative estimate of drug-likeness (QED) is 0.734. The second kappa shape index (κ2) is 7.44. The molecular weight excluding hydrogens is 198 g/mol. The summed E-state index contributed by atoms with van der Waals surface area (Å²) in [5.41, 5.74) is 0. The molecule has 0 amide bonds. The van der Waals surface area contributed by atoms with Crippen LogP contribution in [-0.4, -0.2) is 22.1 Å². The van der Waals surface area contributed by atoms with Crippen molar-refractivity contribution in [2.24, 2.45) is 0 Å². The third-order valence-electron chi connectivity index (χ3n) is 2.82. The first-order valence-corrected chi connectivity index (χ1v) is 6.55. The number of likely N-dealkylation sites (N-methyl/N-ethyl adjacent to an activating group) is 1. The molecule has 0 saturated heterocycles. The van der Waals surface area contributed by atoms with Gasteiger partial charge in [-0.2, -0.15) is 0 Å². The van der Waals surface area contributed by atoms with Gasteiger partial charge in [-0.25, -0.2) is 4.98 Å². The normalized spacial score (nSPS) is 12.9. The largest absolute Gasteiger partial charge is 0.333 e. The fraction of sp³-hybridized carbons (Fsp3) is 0.769. The maximum Gasteiger partial charge on any atom is 0.108 e. The number of hydrogen-bond donors (Lipinski definition) is 1. The number of imidazole rings is 1. The molecule has 3 heteroatoms. The Morgan fingerprint density at radius 2 is 2.12 bits per heavy atom. The molecule has 0 radical (unpaired) electrons. The molecule has 0 bridgehead atoms. The van der Waals surface area contributed by atoms with Gasteiger partial charge in [-0.05, 0) is 19.4 Å². The summed E-state index contributed by atoms with van der Waals surface area (Å²) in [7, 11) is 0. The van der Waals surface area contributed by atoms with Crippen LogP contribution in [-0.2, 0) is 13.0 Å². The van der Waals surface area contributed by atoms with Crippen molar-refractivity contribution in [1.82, 2.24) is 14.9 Å². The third-order valence-corrected chi connectivity index (χ3v) is 2.82. The van der Waals surface area contributed by atoms with E-state index in [4.69, 9.17) is 0 Å². The van der Waals surface area contributed by atoms with Gasteiger partial charge in [-0.3, -0.25) is 0 Å². The van der Waals surface area contributed by atoms with E-state index in [9.17, 15) is 0 Å². The Hall–Kier alpha value is -0.830. The number of aryl methyl sites for hydroxylation is 1. The van der Waals surface area contributed by atoms with E-state index in [1.54, 1.807) is 0 Å². The molecule has 0 saturated carbocycles. The molecule has 1 aromatic rings. The fourth-order valence-corrected chi connectivity index (χ4v) is 2.09. The number of aromatic nitrogens is 2. The number of nitrogens with zero attached hydrogens (tertiary/aromatic N) is 2. The van der Waals surface area contributed by atoms with E-state index in [2.05, 4.69) is 41.8 Å². The van der Waals surface area contributed by atoms with Crippen LogP contribution in [0.5, 0.6) is 0 Å². The van der Waals surface area contributed by atoms with Crippen LogP contribution in [0.4, 0.5) is 0 Å². The molecule has 0 spiro atoms. The monoisotopic (exact) mass is 223 g/mol. The van der Waals surface area contributed by atoms with Crippen molar-refractivity contribution in [2.45, 2.75) is 59.0 Å². The van der Waals surface area contributed by atoms with Gasteiger partial charge in [0.1, 0.15) is 5.82 Å². The molecule has 0 aliphatic carbocycles. The summed E-state index contributed by atoms with van der Waals surface area (Å²) in [4.78, 5) is 4.41. The van der Waals surface area contributed by atoms with Crippen molar-refractivity contribution in [3.8, 4) is 0 Å². The number of hydrogen-bond acceptors (Lipinski definition) is 2. The van der Waals surface area contributed by atoms with Gasteiger partial charge in [0.25, 0.3) is 0 Å². The van der Waals surface area contributed by atoms with E-state index < -0.39 is 0 Å². The molecule has 0 aliphatic heterocycles. The van der Waals surface area contributed by atoms with Crippen LogP contribution >= 0.6 is 0 Å². The van der Waals surface area contributed by atoms with Crippen LogP contribution in [0.1, 0.15) is 45.9 Å². The summed E-state index contributed by atoms with van der Waals surface area (Å²) in [5, 5.41) is 3.54. The lowest BCUT2D eigenvalue weighted by Crippen LogP contribution is -2.33. The molecule has 0 aromatic carbocycles. The van der Waals surface area contributed by atoms with Gasteiger partial charge in [0, 0.05) is 31.4 Å². The Bertz CT molecular complexity index is 274. The van der Waals surface area contributed by atoms with Crippen molar-refractivity contribution in [1.29, 1.82) is 0 Å². The fourth-order valence-electron chi connectivity index (χ4n) is 2.09. The highest BCUT2D eigenvalue weighted by Crippen LogP contribution is 2.06. The lowest BCUT2D eigenvalue weighted by atomic mass is 10.1. The lowest BCUT2D eigenvalue weighted by Gasteiger charge is -2.19. The van der Waals surface area contributed by atoms with E-state index >= 15 is 0 Å². The minimum absolute atomic E-state index is 0.583. The van der Waals surface area contributed by atoms with Crippen LogP contribution in [0.15, 0.2) is 12.4 Å². The molecule has 0 aliphatic rings. The highest BCUT2D eigenvalue weighted by molar-refractivity contribution is 4.93. The van der Waals surface area contributed by atoms with E-state index in [0.29, 0.717) is 6.04 Å². The molecular formula is C13H25N3. The minimum Gasteiger partial charge on any atom is -0.333 e. The van der Waals surface area contributed by atoms with Gasteiger partial charge in [0.2, 0.25) is 0 Å². The molecule has 1 unspecified atom stereocenters. The van der Waals surface area contributed by atoms with Crippen molar-refractivity contribution in [3.63, 3.8) is 0 Å². The number of rotatable bonds is 8. The third kappa shape index (κ3) is 3.97. The number of nitrogens with one attached hydrogen (secondary N) is 1. The first-order valence-electron chi connectivity index (χ1n) is 6.55. The smallest absolute Gasteiger partial charge is 0.108 e. The van der Waals surface area contributed by atoms with Crippen molar-refractivity contribution < 1.29 is 0 Å². The first kappa shape index (κ1) is 13.2. The van der Waals surface area contributed by atoms with Crippen molar-refractivity contribution in [2.75, 3.05) is 6.54 Å². The van der Waals surface area contributed by atoms with Gasteiger partial charge in [-0.1, -0.05) is 27.2 Å². The van der Waals surface area contributed by atoms with Crippen LogP contribution < -0.4 is 5.32 Å². The Kier molecular flexibility index (Phi) is 6.16. The molecule has 1 N–H and O–H groups in total. The van der Waals surface area contributed by atoms with Crippen LogP contribution in [0.3, 0.4) is 0 Å². The molecule has 1 atom stereocenters. The van der Waals surface area contributed by atoms with E-state index in [-0.39, 0.29) is 0 Å². The highest BCUT2D eigenvalue weighted by atomic mass is 15.1. The van der Waals surface area contributed by atoms with Crippen molar-refractivity contribution >= 4 is 0 Å². The Morgan fingerprint density at radius 1 is 1.31 bits per heavy atom. The summed E-state index contributed by atoms with van der Waals surface area (Å²) in [6.07, 6.45) is 8.73. The molecule has 16 heavy (non-hydrogen) atoms. The van der Waals surface area contributed by atoms with Gasteiger partial charge >= 0.3 is 0 Å². The lowest BCUT2D eigenvalue weighted by molar-refractivity contribution is 0.422. The average Bonchev–Trinajstić information content (AvgIpc) is 2.67. The Balaban J connectivity index is 2.57. The second-order valence-corrected chi connectivity index (χ2v) is 4.29. The predicted octanol–water partition coefficient (Wildman–Crippen LogP) is 2.61. The van der Waals surface area contributed by atoms with Crippen LogP contribution in [0.2, 0.25) is 0 Å². The molecule has 1 aromatic heterocycles. The zero-order chi connectivity index (χ0) is 11.8. The summed E-state index contributed by atoms with van der Waals surface area (Å²) >= 11 is 0. The summed E-state index contributed by atoms with van der Waals surface area (Å²) in [6, 6.07) is 0.583. The standard InChI is InChI=1S/C13H25N3/c1-4-7-12(14-6-3)11-16-10-9-15-13(16)8-5-2/h9-10,12,14H,4-8,11H2,1-3H3. The molecule has 3 nitrogen and oxygen atoms in total. The SMILES string of the molecule is CCCc1nccn1CC(CCC)NCC. The van der Waals surface area contributed by atoms with Crippen LogP contribution in [0, 0.1) is 0 Å². The maximum absolute atomic E-state index is 4.41. The van der Waals surface area contributed by atoms with Crippen molar-refractivity contribution in [3.05, 3.63) is 18.2 Å². The van der Waals surface area contributed by atoms with E-state index in [1.165, 1.54) is 18.7 Å². The van der Waals surface area contributed by atoms with E-state index in [1.807, 2.05) is 6.20 Å². The van der Waals surface area contributed by atoms with Gasteiger partial charge in [0.15, 0.2) is 0 Å². The second-order valence-electron chi connectivity index (χ2n) is 4.29. The molecule has 1 heterocycles. The first-order chi connectivity index (χ1) is 7.81. The highest BCUT2D eigenvalue weighted by Gasteiger charge is 2.09. The van der Waals surface area contributed by atoms with Gasteiger partial charge in [0.05, 0.1) is 0 Å². The summed E-state index contributed by atoms with van der Waals surface area (Å²) in [6.45, 7) is 8.71. The topological polar surface area (TPSA) is 29.9 Å². The van der Waals surface area contributed by atoms with Crippen LogP contribution in [0.25, 0.3) is 0 Å². The Morgan fingerprint density at radius 3 is 2.75 bits per heavy atom. The molecule has 0 fully saturated rings. The van der Waals surface area contributed by atoms with E-state index in [0.717, 1.165) is 25.9 Å². The van der Waals surface area contributed by atoms with Gasteiger partial charge in [-0.15, -0.1) is 0 Å².